The van der Waals surface area contributed by atoms with Crippen molar-refractivity contribution in [2.45, 2.75) is 13.5 Å². The molecular formula is C11H13N5. The van der Waals surface area contributed by atoms with Gasteiger partial charge in [-0.25, -0.2) is 9.97 Å². The Morgan fingerprint density at radius 2 is 2.25 bits per heavy atom. The Bertz CT molecular complexity index is 469. The second-order valence-corrected chi connectivity index (χ2v) is 3.45. The van der Waals surface area contributed by atoms with E-state index in [-0.39, 0.29) is 0 Å². The molecule has 2 rings (SSSR count). The SMILES string of the molecule is Cc1c(N)ncnc1NCc1cccnc1. The van der Waals surface area contributed by atoms with Gasteiger partial charge in [0.1, 0.15) is 18.0 Å². The zero-order valence-electron chi connectivity index (χ0n) is 9.01. The van der Waals surface area contributed by atoms with Crippen LogP contribution in [0.15, 0.2) is 30.9 Å². The monoisotopic (exact) mass is 215 g/mol. The van der Waals surface area contributed by atoms with Gasteiger partial charge in [-0.15, -0.1) is 0 Å². The van der Waals surface area contributed by atoms with Gasteiger partial charge in [0.2, 0.25) is 0 Å². The van der Waals surface area contributed by atoms with Crippen molar-refractivity contribution in [3.63, 3.8) is 0 Å². The topological polar surface area (TPSA) is 76.7 Å². The maximum absolute atomic E-state index is 5.69. The molecule has 0 spiro atoms. The van der Waals surface area contributed by atoms with Crippen LogP contribution in [0.5, 0.6) is 0 Å². The summed E-state index contributed by atoms with van der Waals surface area (Å²) in [6, 6.07) is 3.90. The molecule has 2 aromatic heterocycles. The van der Waals surface area contributed by atoms with E-state index in [0.717, 1.165) is 16.9 Å². The molecular weight excluding hydrogens is 202 g/mol. The van der Waals surface area contributed by atoms with Crippen molar-refractivity contribution < 1.29 is 0 Å². The predicted octanol–water partition coefficient (Wildman–Crippen LogP) is 1.37. The van der Waals surface area contributed by atoms with Crippen LogP contribution >= 0.6 is 0 Å². The van der Waals surface area contributed by atoms with Gasteiger partial charge in [0.05, 0.1) is 0 Å². The number of aromatic nitrogens is 3. The molecule has 0 bridgehead atoms. The van der Waals surface area contributed by atoms with E-state index in [4.69, 9.17) is 5.73 Å². The Kier molecular flexibility index (Phi) is 2.95. The number of nitrogens with zero attached hydrogens (tertiary/aromatic N) is 3. The van der Waals surface area contributed by atoms with E-state index in [1.807, 2.05) is 25.3 Å². The van der Waals surface area contributed by atoms with Crippen LogP contribution < -0.4 is 11.1 Å². The van der Waals surface area contributed by atoms with Crippen LogP contribution in [0.2, 0.25) is 0 Å². The van der Waals surface area contributed by atoms with Crippen molar-refractivity contribution in [2.24, 2.45) is 0 Å². The average molecular weight is 215 g/mol. The third-order valence-electron chi connectivity index (χ3n) is 2.31. The summed E-state index contributed by atoms with van der Waals surface area (Å²) in [4.78, 5) is 12.1. The first-order chi connectivity index (χ1) is 7.77. The fraction of sp³-hybridized carbons (Fsp3) is 0.182. The predicted molar refractivity (Wildman–Crippen MR) is 62.7 cm³/mol. The summed E-state index contributed by atoms with van der Waals surface area (Å²) in [5.41, 5.74) is 7.65. The number of nitrogens with two attached hydrogens (primary N) is 1. The van der Waals surface area contributed by atoms with E-state index in [2.05, 4.69) is 20.3 Å². The Morgan fingerprint density at radius 3 is 3.00 bits per heavy atom. The summed E-state index contributed by atoms with van der Waals surface area (Å²) >= 11 is 0. The van der Waals surface area contributed by atoms with Crippen molar-refractivity contribution in [3.05, 3.63) is 42.0 Å². The van der Waals surface area contributed by atoms with E-state index in [0.29, 0.717) is 12.4 Å². The van der Waals surface area contributed by atoms with E-state index in [9.17, 15) is 0 Å². The quantitative estimate of drug-likeness (QED) is 0.808. The highest BCUT2D eigenvalue weighted by Gasteiger charge is 2.03. The van der Waals surface area contributed by atoms with Gasteiger partial charge < -0.3 is 11.1 Å². The lowest BCUT2D eigenvalue weighted by Gasteiger charge is -2.08. The Balaban J connectivity index is 2.08. The maximum Gasteiger partial charge on any atom is 0.134 e. The molecule has 0 aliphatic rings. The van der Waals surface area contributed by atoms with Gasteiger partial charge in [-0.05, 0) is 18.6 Å². The molecule has 2 heterocycles. The fourth-order valence-corrected chi connectivity index (χ4v) is 1.33. The summed E-state index contributed by atoms with van der Waals surface area (Å²) in [7, 11) is 0. The number of pyridine rings is 1. The summed E-state index contributed by atoms with van der Waals surface area (Å²) < 4.78 is 0. The highest BCUT2D eigenvalue weighted by molar-refractivity contribution is 5.53. The average Bonchev–Trinajstić information content (AvgIpc) is 2.32. The molecule has 3 N–H and O–H groups in total. The molecule has 0 aliphatic carbocycles. The molecule has 0 saturated heterocycles. The molecule has 0 aromatic carbocycles. The lowest BCUT2D eigenvalue weighted by atomic mass is 10.2. The van der Waals surface area contributed by atoms with Crippen LogP contribution in [0.25, 0.3) is 0 Å². The molecule has 0 aliphatic heterocycles. The minimum absolute atomic E-state index is 0.503. The van der Waals surface area contributed by atoms with E-state index < -0.39 is 0 Å². The number of rotatable bonds is 3. The highest BCUT2D eigenvalue weighted by atomic mass is 15.0. The van der Waals surface area contributed by atoms with Crippen LogP contribution in [0.3, 0.4) is 0 Å². The minimum Gasteiger partial charge on any atom is -0.383 e. The number of nitrogen functional groups attached to an aromatic ring is 1. The zero-order valence-corrected chi connectivity index (χ0v) is 9.01. The van der Waals surface area contributed by atoms with Gasteiger partial charge in [0.15, 0.2) is 0 Å². The lowest BCUT2D eigenvalue weighted by Crippen LogP contribution is -2.06. The molecule has 0 fully saturated rings. The van der Waals surface area contributed by atoms with Crippen LogP contribution in [0, 0.1) is 6.92 Å². The van der Waals surface area contributed by atoms with Crippen LogP contribution in [-0.2, 0) is 6.54 Å². The van der Waals surface area contributed by atoms with E-state index in [1.165, 1.54) is 6.33 Å². The summed E-state index contributed by atoms with van der Waals surface area (Å²) in [5, 5.41) is 3.20. The van der Waals surface area contributed by atoms with Crippen molar-refractivity contribution in [2.75, 3.05) is 11.1 Å². The van der Waals surface area contributed by atoms with Crippen LogP contribution in [-0.4, -0.2) is 15.0 Å². The fourth-order valence-electron chi connectivity index (χ4n) is 1.33. The van der Waals surface area contributed by atoms with Crippen molar-refractivity contribution in [1.29, 1.82) is 0 Å². The first-order valence-corrected chi connectivity index (χ1v) is 4.97. The van der Waals surface area contributed by atoms with Crippen molar-refractivity contribution >= 4 is 11.6 Å². The van der Waals surface area contributed by atoms with E-state index in [1.54, 1.807) is 6.20 Å². The molecule has 0 radical (unpaired) electrons. The molecule has 5 nitrogen and oxygen atoms in total. The second kappa shape index (κ2) is 4.57. The van der Waals surface area contributed by atoms with Gasteiger partial charge in [-0.2, -0.15) is 0 Å². The van der Waals surface area contributed by atoms with Crippen molar-refractivity contribution in [3.8, 4) is 0 Å². The van der Waals surface area contributed by atoms with Gasteiger partial charge in [-0.3, -0.25) is 4.98 Å². The van der Waals surface area contributed by atoms with E-state index >= 15 is 0 Å². The number of hydrogen-bond donors (Lipinski definition) is 2. The summed E-state index contributed by atoms with van der Waals surface area (Å²) in [6.07, 6.45) is 5.01. The van der Waals surface area contributed by atoms with Gasteiger partial charge >= 0.3 is 0 Å². The first kappa shape index (κ1) is 10.4. The molecule has 0 unspecified atom stereocenters. The van der Waals surface area contributed by atoms with Gasteiger partial charge in [0, 0.05) is 24.5 Å². The number of nitrogens with one attached hydrogen (secondary N) is 1. The molecule has 16 heavy (non-hydrogen) atoms. The normalized spacial score (nSPS) is 10.1. The van der Waals surface area contributed by atoms with Crippen LogP contribution in [0.4, 0.5) is 11.6 Å². The van der Waals surface area contributed by atoms with Gasteiger partial charge in [0.25, 0.3) is 0 Å². The third kappa shape index (κ3) is 2.25. The third-order valence-corrected chi connectivity index (χ3v) is 2.31. The smallest absolute Gasteiger partial charge is 0.134 e. The number of hydrogen-bond acceptors (Lipinski definition) is 5. The molecule has 82 valence electrons. The van der Waals surface area contributed by atoms with Gasteiger partial charge in [-0.1, -0.05) is 6.07 Å². The minimum atomic E-state index is 0.503. The number of anilines is 2. The Hall–Kier alpha value is -2.17. The largest absolute Gasteiger partial charge is 0.383 e. The molecule has 0 saturated carbocycles. The lowest BCUT2D eigenvalue weighted by molar-refractivity contribution is 1.05. The zero-order chi connectivity index (χ0) is 11.4. The van der Waals surface area contributed by atoms with Crippen LogP contribution in [0.1, 0.15) is 11.1 Å². The molecule has 5 heteroatoms. The Morgan fingerprint density at radius 1 is 1.38 bits per heavy atom. The second-order valence-electron chi connectivity index (χ2n) is 3.45. The summed E-state index contributed by atoms with van der Waals surface area (Å²) in [6.45, 7) is 2.56. The standard InChI is InChI=1S/C11H13N5/c1-8-10(12)15-7-16-11(8)14-6-9-3-2-4-13-5-9/h2-5,7H,6H2,1H3,(H3,12,14,15,16). The Labute approximate surface area is 93.8 Å². The van der Waals surface area contributed by atoms with Crippen molar-refractivity contribution in [1.82, 2.24) is 15.0 Å². The molecule has 2 aromatic rings. The summed E-state index contributed by atoms with van der Waals surface area (Å²) in [5.74, 6) is 1.26. The molecule has 0 atom stereocenters. The maximum atomic E-state index is 5.69. The highest BCUT2D eigenvalue weighted by Crippen LogP contribution is 2.15. The first-order valence-electron chi connectivity index (χ1n) is 4.97. The molecule has 0 amide bonds.